The quantitative estimate of drug-likeness (QED) is 0.210. The van der Waals surface area contributed by atoms with E-state index in [1.165, 1.54) is 132 Å². The minimum absolute atomic E-state index is 0.555. The van der Waals surface area contributed by atoms with Crippen LogP contribution in [-0.2, 0) is 19.3 Å². The summed E-state index contributed by atoms with van der Waals surface area (Å²) in [6, 6.07) is 4.21. The fraction of sp³-hybridized carbons (Fsp3) is 0.793. The summed E-state index contributed by atoms with van der Waals surface area (Å²) < 4.78 is 0. The lowest BCUT2D eigenvalue weighted by atomic mass is 9.89. The van der Waals surface area contributed by atoms with Crippen molar-refractivity contribution in [1.29, 1.82) is 0 Å². The Hall–Kier alpha value is -0.980. The molecule has 0 heterocycles. The van der Waals surface area contributed by atoms with Gasteiger partial charge in [-0.2, -0.15) is 0 Å². The summed E-state index contributed by atoms with van der Waals surface area (Å²) in [5.41, 5.74) is 4.31. The molecule has 0 aliphatic rings. The molecule has 1 aromatic carbocycles. The summed E-state index contributed by atoms with van der Waals surface area (Å²) >= 11 is 0. The van der Waals surface area contributed by atoms with Crippen LogP contribution in [0.1, 0.15) is 147 Å². The van der Waals surface area contributed by atoms with Crippen molar-refractivity contribution < 1.29 is 5.11 Å². The molecule has 1 rings (SSSR count). The molecule has 0 fully saturated rings. The summed E-state index contributed by atoms with van der Waals surface area (Å²) in [7, 11) is 0. The predicted octanol–water partition coefficient (Wildman–Crippen LogP) is 9.71. The summed E-state index contributed by atoms with van der Waals surface area (Å²) in [6.07, 6.45) is 26.1. The maximum absolute atomic E-state index is 10.7. The van der Waals surface area contributed by atoms with Crippen LogP contribution in [0.2, 0.25) is 0 Å². The Labute approximate surface area is 189 Å². The molecule has 0 atom stereocenters. The van der Waals surface area contributed by atoms with Crippen LogP contribution in [0.5, 0.6) is 5.75 Å². The summed E-state index contributed by atoms with van der Waals surface area (Å²) in [5, 5.41) is 10.7. The van der Waals surface area contributed by atoms with Crippen molar-refractivity contribution in [3.8, 4) is 5.75 Å². The number of hydrogen-bond acceptors (Lipinski definition) is 1. The van der Waals surface area contributed by atoms with Gasteiger partial charge in [-0.3, -0.25) is 0 Å². The van der Waals surface area contributed by atoms with E-state index >= 15 is 0 Å². The molecule has 0 saturated carbocycles. The molecule has 1 nitrogen and oxygen atoms in total. The molecule has 0 bridgehead atoms. The molecule has 30 heavy (non-hydrogen) atoms. The highest BCUT2D eigenvalue weighted by molar-refractivity contribution is 5.45. The molecular weight excluding hydrogens is 364 g/mol. The van der Waals surface area contributed by atoms with E-state index in [-0.39, 0.29) is 0 Å². The fourth-order valence-corrected chi connectivity index (χ4v) is 4.64. The molecule has 0 aromatic heterocycles. The van der Waals surface area contributed by atoms with E-state index in [9.17, 15) is 5.11 Å². The van der Waals surface area contributed by atoms with Gasteiger partial charge in [0.25, 0.3) is 0 Å². The van der Waals surface area contributed by atoms with Crippen molar-refractivity contribution in [2.45, 2.75) is 149 Å². The monoisotopic (exact) mass is 416 g/mol. The second-order valence-corrected chi connectivity index (χ2v) is 9.40. The van der Waals surface area contributed by atoms with Crippen LogP contribution in [0, 0.1) is 0 Å². The smallest absolute Gasteiger partial charge is 0.119 e. The van der Waals surface area contributed by atoms with Gasteiger partial charge in [0.05, 0.1) is 0 Å². The molecule has 0 amide bonds. The van der Waals surface area contributed by atoms with Gasteiger partial charge in [0.2, 0.25) is 0 Å². The first kappa shape index (κ1) is 27.1. The van der Waals surface area contributed by atoms with E-state index in [0.29, 0.717) is 5.75 Å². The predicted molar refractivity (Wildman–Crippen MR) is 135 cm³/mol. The molecule has 0 aliphatic carbocycles. The van der Waals surface area contributed by atoms with Crippen LogP contribution in [0.15, 0.2) is 12.1 Å². The van der Waals surface area contributed by atoms with Gasteiger partial charge in [0, 0.05) is 0 Å². The molecular formula is C29H52O. The van der Waals surface area contributed by atoms with Crippen molar-refractivity contribution in [1.82, 2.24) is 0 Å². The highest BCUT2D eigenvalue weighted by atomic mass is 16.3. The van der Waals surface area contributed by atoms with Gasteiger partial charge in [-0.25, -0.2) is 0 Å². The Kier molecular flexibility index (Phi) is 16.9. The Morgan fingerprint density at radius 1 is 0.467 bits per heavy atom. The third kappa shape index (κ3) is 12.0. The number of aromatic hydroxyl groups is 1. The number of phenolic OH excluding ortho intramolecular Hbond substituents is 1. The first-order valence-corrected chi connectivity index (χ1v) is 13.6. The lowest BCUT2D eigenvalue weighted by Crippen LogP contribution is -2.03. The average Bonchev–Trinajstić information content (AvgIpc) is 2.75. The zero-order chi connectivity index (χ0) is 21.9. The molecule has 174 valence electrons. The highest BCUT2D eigenvalue weighted by Gasteiger charge is 2.13. The minimum Gasteiger partial charge on any atom is -0.508 e. The second-order valence-electron chi connectivity index (χ2n) is 9.40. The van der Waals surface area contributed by atoms with Crippen molar-refractivity contribution in [2.24, 2.45) is 0 Å². The highest BCUT2D eigenvalue weighted by Crippen LogP contribution is 2.30. The zero-order valence-corrected chi connectivity index (χ0v) is 20.7. The van der Waals surface area contributed by atoms with Crippen LogP contribution >= 0.6 is 0 Å². The van der Waals surface area contributed by atoms with Gasteiger partial charge < -0.3 is 5.11 Å². The maximum Gasteiger partial charge on any atom is 0.119 e. The first-order valence-electron chi connectivity index (χ1n) is 13.6. The van der Waals surface area contributed by atoms with E-state index in [1.54, 1.807) is 0 Å². The summed E-state index contributed by atoms with van der Waals surface area (Å²) in [6.45, 7) is 6.85. The molecule has 1 heteroatoms. The summed E-state index contributed by atoms with van der Waals surface area (Å²) in [5.74, 6) is 0.555. The second kappa shape index (κ2) is 18.8. The van der Waals surface area contributed by atoms with Crippen molar-refractivity contribution in [2.75, 3.05) is 0 Å². The van der Waals surface area contributed by atoms with E-state index in [0.717, 1.165) is 12.8 Å². The Morgan fingerprint density at radius 2 is 0.867 bits per heavy atom. The Bertz CT molecular complexity index is 519. The average molecular weight is 417 g/mol. The molecule has 0 radical (unpaired) electrons. The van der Waals surface area contributed by atoms with Gasteiger partial charge in [0.15, 0.2) is 0 Å². The molecule has 0 saturated heterocycles. The summed E-state index contributed by atoms with van der Waals surface area (Å²) in [4.78, 5) is 0. The van der Waals surface area contributed by atoms with Crippen LogP contribution in [-0.4, -0.2) is 5.11 Å². The zero-order valence-electron chi connectivity index (χ0n) is 20.7. The maximum atomic E-state index is 10.7. The van der Waals surface area contributed by atoms with Crippen LogP contribution < -0.4 is 0 Å². The topological polar surface area (TPSA) is 20.2 Å². The normalized spacial score (nSPS) is 11.3. The number of phenols is 1. The fourth-order valence-electron chi connectivity index (χ4n) is 4.64. The number of aryl methyl sites for hydroxylation is 1. The third-order valence-corrected chi connectivity index (χ3v) is 6.61. The van der Waals surface area contributed by atoms with Gasteiger partial charge in [-0.1, -0.05) is 117 Å². The van der Waals surface area contributed by atoms with Gasteiger partial charge in [-0.15, -0.1) is 0 Å². The largest absolute Gasteiger partial charge is 0.508 e. The van der Waals surface area contributed by atoms with Gasteiger partial charge in [0.1, 0.15) is 5.75 Å². The molecule has 0 unspecified atom stereocenters. The lowest BCUT2D eigenvalue weighted by Gasteiger charge is -2.17. The van der Waals surface area contributed by atoms with E-state index in [2.05, 4.69) is 26.8 Å². The van der Waals surface area contributed by atoms with Crippen LogP contribution in [0.3, 0.4) is 0 Å². The first-order chi connectivity index (χ1) is 14.7. The van der Waals surface area contributed by atoms with E-state index < -0.39 is 0 Å². The van der Waals surface area contributed by atoms with E-state index in [1.807, 2.05) is 6.07 Å². The number of benzene rings is 1. The van der Waals surface area contributed by atoms with Crippen LogP contribution in [0.25, 0.3) is 0 Å². The Morgan fingerprint density at radius 3 is 1.40 bits per heavy atom. The van der Waals surface area contributed by atoms with Gasteiger partial charge in [-0.05, 0) is 61.3 Å². The van der Waals surface area contributed by atoms with E-state index in [4.69, 9.17) is 0 Å². The van der Waals surface area contributed by atoms with Gasteiger partial charge >= 0.3 is 0 Å². The van der Waals surface area contributed by atoms with Crippen molar-refractivity contribution in [3.05, 3.63) is 28.8 Å². The minimum atomic E-state index is 0.555. The van der Waals surface area contributed by atoms with Crippen molar-refractivity contribution >= 4 is 0 Å². The van der Waals surface area contributed by atoms with Crippen molar-refractivity contribution in [3.63, 3.8) is 0 Å². The number of unbranched alkanes of at least 4 members (excludes halogenated alkanes) is 14. The standard InChI is InChI=1S/C29H52O/c1-4-7-10-13-15-17-20-23-28-27(22-19-16-14-11-8-5-2)26(24-25-29(28)30)21-18-12-9-6-3/h24-25,30H,4-23H2,1-3H3. The Balaban J connectivity index is 2.66. The molecule has 1 aromatic rings. The SMILES string of the molecule is CCCCCCCCCc1c(O)ccc(CCCCCC)c1CCCCCCCC. The lowest BCUT2D eigenvalue weighted by molar-refractivity contribution is 0.463. The number of hydrogen-bond donors (Lipinski definition) is 1. The third-order valence-electron chi connectivity index (χ3n) is 6.61. The molecule has 0 spiro atoms. The molecule has 1 N–H and O–H groups in total. The van der Waals surface area contributed by atoms with Crippen LogP contribution in [0.4, 0.5) is 0 Å². The molecule has 0 aliphatic heterocycles. The number of rotatable bonds is 20.